The third-order valence-corrected chi connectivity index (χ3v) is 7.41. The summed E-state index contributed by atoms with van der Waals surface area (Å²) in [7, 11) is 0. The zero-order chi connectivity index (χ0) is 24.2. The Hall–Kier alpha value is -2.55. The predicted octanol–water partition coefficient (Wildman–Crippen LogP) is 5.62. The first-order chi connectivity index (χ1) is 16.4. The van der Waals surface area contributed by atoms with Gasteiger partial charge in [0.05, 0.1) is 21.8 Å². The van der Waals surface area contributed by atoms with Crippen molar-refractivity contribution in [3.05, 3.63) is 69.5 Å². The van der Waals surface area contributed by atoms with Crippen LogP contribution in [-0.2, 0) is 11.3 Å². The van der Waals surface area contributed by atoms with E-state index in [9.17, 15) is 9.59 Å². The summed E-state index contributed by atoms with van der Waals surface area (Å²) in [5, 5.41) is 13.0. The van der Waals surface area contributed by atoms with Crippen LogP contribution in [0.15, 0.2) is 47.6 Å². The fraction of sp³-hybridized carbons (Fsp3) is 0.333. The minimum atomic E-state index is -0.187. The molecule has 3 aromatic rings. The topological polar surface area (TPSA) is 80.1 Å². The molecule has 2 aromatic carbocycles. The van der Waals surface area contributed by atoms with Crippen molar-refractivity contribution >= 4 is 52.5 Å². The lowest BCUT2D eigenvalue weighted by atomic mass is 10.1. The van der Waals surface area contributed by atoms with Gasteiger partial charge in [-0.3, -0.25) is 9.59 Å². The van der Waals surface area contributed by atoms with E-state index < -0.39 is 0 Å². The van der Waals surface area contributed by atoms with E-state index in [4.69, 9.17) is 23.2 Å². The molecular formula is C24H25Cl2N5O2S. The highest BCUT2D eigenvalue weighted by atomic mass is 35.5. The number of hydrogen-bond acceptors (Lipinski definition) is 5. The maximum Gasteiger partial charge on any atom is 0.254 e. The molecular weight excluding hydrogens is 493 g/mol. The largest absolute Gasteiger partial charge is 0.328 e. The Kier molecular flexibility index (Phi) is 7.80. The molecule has 0 spiro atoms. The minimum Gasteiger partial charge on any atom is -0.328 e. The maximum atomic E-state index is 13.2. The molecule has 1 saturated heterocycles. The molecule has 178 valence electrons. The van der Waals surface area contributed by atoms with E-state index in [0.717, 1.165) is 24.2 Å². The number of aromatic nitrogens is 3. The number of nitrogens with one attached hydrogen (secondary N) is 1. The van der Waals surface area contributed by atoms with E-state index >= 15 is 0 Å². The molecule has 0 saturated carbocycles. The first kappa shape index (κ1) is 24.6. The SMILES string of the molecule is CCn1c(SCC(=O)Nc2ccc(Cl)c(Cl)c2)nnc1C1CCCN1C(=O)c1ccc(C)cc1. The van der Waals surface area contributed by atoms with E-state index in [-0.39, 0.29) is 23.6 Å². The molecule has 0 bridgehead atoms. The zero-order valence-electron chi connectivity index (χ0n) is 18.9. The van der Waals surface area contributed by atoms with Gasteiger partial charge >= 0.3 is 0 Å². The molecule has 34 heavy (non-hydrogen) atoms. The number of benzene rings is 2. The summed E-state index contributed by atoms with van der Waals surface area (Å²) in [6.45, 7) is 5.33. The highest BCUT2D eigenvalue weighted by Gasteiger charge is 2.34. The number of carbonyl (C=O) groups excluding carboxylic acids is 2. The van der Waals surface area contributed by atoms with Crippen LogP contribution in [0.25, 0.3) is 0 Å². The van der Waals surface area contributed by atoms with Gasteiger partial charge in [0.25, 0.3) is 5.91 Å². The maximum absolute atomic E-state index is 13.2. The molecule has 1 aliphatic heterocycles. The number of aryl methyl sites for hydroxylation is 1. The Morgan fingerprint density at radius 2 is 1.88 bits per heavy atom. The third-order valence-electron chi connectivity index (χ3n) is 5.71. The standard InChI is InChI=1S/C24H25Cl2N5O2S/c1-3-30-22(20-5-4-12-31(20)23(33)16-8-6-15(2)7-9-16)28-29-24(30)34-14-21(32)27-17-10-11-18(25)19(26)13-17/h6-11,13,20H,3-5,12,14H2,1-2H3,(H,27,32). The van der Waals surface area contributed by atoms with Crippen LogP contribution < -0.4 is 5.32 Å². The third kappa shape index (κ3) is 5.40. The van der Waals surface area contributed by atoms with Crippen LogP contribution in [0.3, 0.4) is 0 Å². The second-order valence-corrected chi connectivity index (χ2v) is 9.83. The van der Waals surface area contributed by atoms with Crippen molar-refractivity contribution < 1.29 is 9.59 Å². The first-order valence-electron chi connectivity index (χ1n) is 11.1. The van der Waals surface area contributed by atoms with Gasteiger partial charge in [0, 0.05) is 24.3 Å². The van der Waals surface area contributed by atoms with Gasteiger partial charge in [0.1, 0.15) is 0 Å². The molecule has 1 aromatic heterocycles. The summed E-state index contributed by atoms with van der Waals surface area (Å²) in [4.78, 5) is 27.5. The summed E-state index contributed by atoms with van der Waals surface area (Å²) in [6, 6.07) is 12.4. The van der Waals surface area contributed by atoms with E-state index in [1.807, 2.05) is 47.6 Å². The molecule has 1 unspecified atom stereocenters. The Labute approximate surface area is 212 Å². The second-order valence-electron chi connectivity index (χ2n) is 8.07. The number of nitrogens with zero attached hydrogens (tertiary/aromatic N) is 4. The second kappa shape index (κ2) is 10.8. The molecule has 1 N–H and O–H groups in total. The van der Waals surface area contributed by atoms with Crippen LogP contribution in [0.5, 0.6) is 0 Å². The van der Waals surface area contributed by atoms with E-state index in [0.29, 0.717) is 39.5 Å². The Bertz CT molecular complexity index is 1200. The molecule has 1 fully saturated rings. The molecule has 1 aliphatic rings. The van der Waals surface area contributed by atoms with E-state index in [2.05, 4.69) is 15.5 Å². The van der Waals surface area contributed by atoms with Gasteiger partial charge in [-0.2, -0.15) is 0 Å². The summed E-state index contributed by atoms with van der Waals surface area (Å²) < 4.78 is 1.99. The lowest BCUT2D eigenvalue weighted by molar-refractivity contribution is -0.113. The molecule has 7 nitrogen and oxygen atoms in total. The number of likely N-dealkylation sites (tertiary alicyclic amines) is 1. The molecule has 2 amide bonds. The van der Waals surface area contributed by atoms with Crippen LogP contribution in [0, 0.1) is 6.92 Å². The van der Waals surface area contributed by atoms with E-state index in [1.165, 1.54) is 11.8 Å². The Morgan fingerprint density at radius 3 is 2.59 bits per heavy atom. The van der Waals surface area contributed by atoms with Crippen LogP contribution in [-0.4, -0.2) is 43.8 Å². The van der Waals surface area contributed by atoms with Crippen LogP contribution in [0.1, 0.15) is 47.6 Å². The molecule has 2 heterocycles. The van der Waals surface area contributed by atoms with Crippen molar-refractivity contribution in [1.82, 2.24) is 19.7 Å². The van der Waals surface area contributed by atoms with Gasteiger partial charge in [-0.05, 0) is 57.0 Å². The number of amides is 2. The fourth-order valence-electron chi connectivity index (χ4n) is 3.99. The van der Waals surface area contributed by atoms with Crippen LogP contribution in [0.4, 0.5) is 5.69 Å². The number of rotatable bonds is 7. The average molecular weight is 518 g/mol. The summed E-state index contributed by atoms with van der Waals surface area (Å²) in [5.41, 5.74) is 2.37. The van der Waals surface area contributed by atoms with Crippen molar-refractivity contribution in [3.8, 4) is 0 Å². The predicted molar refractivity (Wildman–Crippen MR) is 136 cm³/mol. The number of anilines is 1. The van der Waals surface area contributed by atoms with Crippen LogP contribution >= 0.6 is 35.0 Å². The lowest BCUT2D eigenvalue weighted by Gasteiger charge is -2.24. The van der Waals surface area contributed by atoms with Gasteiger partial charge in [-0.15, -0.1) is 10.2 Å². The average Bonchev–Trinajstić information content (AvgIpc) is 3.46. The monoisotopic (exact) mass is 517 g/mol. The number of thioether (sulfide) groups is 1. The molecule has 0 radical (unpaired) electrons. The molecule has 10 heteroatoms. The molecule has 4 rings (SSSR count). The van der Waals surface area contributed by atoms with Crippen molar-refractivity contribution in [2.24, 2.45) is 0 Å². The van der Waals surface area contributed by atoms with Crippen LogP contribution in [0.2, 0.25) is 10.0 Å². The summed E-state index contributed by atoms with van der Waals surface area (Å²) >= 11 is 13.3. The normalized spacial score (nSPS) is 15.5. The Morgan fingerprint density at radius 1 is 1.12 bits per heavy atom. The highest BCUT2D eigenvalue weighted by Crippen LogP contribution is 2.34. The number of hydrogen-bond donors (Lipinski definition) is 1. The van der Waals surface area contributed by atoms with Gasteiger partial charge in [-0.25, -0.2) is 0 Å². The van der Waals surface area contributed by atoms with Gasteiger partial charge in [0.15, 0.2) is 11.0 Å². The zero-order valence-corrected chi connectivity index (χ0v) is 21.3. The van der Waals surface area contributed by atoms with Crippen molar-refractivity contribution in [2.75, 3.05) is 17.6 Å². The molecule has 1 atom stereocenters. The smallest absolute Gasteiger partial charge is 0.254 e. The van der Waals surface area contributed by atoms with E-state index in [1.54, 1.807) is 18.2 Å². The van der Waals surface area contributed by atoms with Crippen molar-refractivity contribution in [1.29, 1.82) is 0 Å². The van der Waals surface area contributed by atoms with Crippen molar-refractivity contribution in [3.63, 3.8) is 0 Å². The summed E-state index contributed by atoms with van der Waals surface area (Å²) in [5.74, 6) is 0.735. The highest BCUT2D eigenvalue weighted by molar-refractivity contribution is 7.99. The fourth-order valence-corrected chi connectivity index (χ4v) is 5.10. The number of carbonyl (C=O) groups is 2. The molecule has 0 aliphatic carbocycles. The first-order valence-corrected chi connectivity index (χ1v) is 12.8. The number of halogens is 2. The van der Waals surface area contributed by atoms with Gasteiger partial charge < -0.3 is 14.8 Å². The van der Waals surface area contributed by atoms with Gasteiger partial charge in [0.2, 0.25) is 5.91 Å². The minimum absolute atomic E-state index is 0.00311. The quantitative estimate of drug-likeness (QED) is 0.411. The van der Waals surface area contributed by atoms with Gasteiger partial charge in [-0.1, -0.05) is 52.7 Å². The Balaban J connectivity index is 1.45. The van der Waals surface area contributed by atoms with Crippen molar-refractivity contribution in [2.45, 2.75) is 44.4 Å². The lowest BCUT2D eigenvalue weighted by Crippen LogP contribution is -2.32. The summed E-state index contributed by atoms with van der Waals surface area (Å²) in [6.07, 6.45) is 1.74.